The van der Waals surface area contributed by atoms with Gasteiger partial charge in [0.15, 0.2) is 0 Å². The molecule has 9 heteroatoms. The third-order valence-corrected chi connectivity index (χ3v) is 5.87. The Balaban J connectivity index is 0.00000240. The summed E-state index contributed by atoms with van der Waals surface area (Å²) < 4.78 is 21.1. The lowest BCUT2D eigenvalue weighted by molar-refractivity contribution is 0.288. The summed E-state index contributed by atoms with van der Waals surface area (Å²) in [6.07, 6.45) is 3.99. The number of aromatic nitrogens is 3. The average Bonchev–Trinajstić information content (AvgIpc) is 3.33. The molecule has 1 aliphatic rings. The number of hydrogen-bond acceptors (Lipinski definition) is 5. The van der Waals surface area contributed by atoms with Crippen molar-refractivity contribution in [3.05, 3.63) is 69.5 Å². The number of rotatable bonds is 6. The van der Waals surface area contributed by atoms with E-state index in [4.69, 9.17) is 10.5 Å². The molecule has 1 aromatic carbocycles. The van der Waals surface area contributed by atoms with Crippen LogP contribution in [-0.4, -0.2) is 27.5 Å². The quantitative estimate of drug-likeness (QED) is 0.642. The number of halogens is 2. The number of nitrogens with two attached hydrogens (primary N) is 1. The van der Waals surface area contributed by atoms with E-state index in [9.17, 15) is 9.18 Å². The van der Waals surface area contributed by atoms with Gasteiger partial charge in [0, 0.05) is 16.3 Å². The predicted octanol–water partition coefficient (Wildman–Crippen LogP) is 3.38. The minimum Gasteiger partial charge on any atom is -0.493 e. The third-order valence-electron chi connectivity index (χ3n) is 4.75. The summed E-state index contributed by atoms with van der Waals surface area (Å²) in [7, 11) is 0. The van der Waals surface area contributed by atoms with E-state index in [2.05, 4.69) is 23.3 Å². The van der Waals surface area contributed by atoms with E-state index in [-0.39, 0.29) is 31.2 Å². The maximum absolute atomic E-state index is 12.7. The van der Waals surface area contributed by atoms with Crippen molar-refractivity contribution >= 4 is 23.7 Å². The van der Waals surface area contributed by atoms with Crippen LogP contribution in [0.1, 0.15) is 16.9 Å². The third kappa shape index (κ3) is 4.60. The van der Waals surface area contributed by atoms with Crippen molar-refractivity contribution < 1.29 is 9.13 Å². The summed E-state index contributed by atoms with van der Waals surface area (Å²) >= 11 is 1.64. The van der Waals surface area contributed by atoms with E-state index in [0.29, 0.717) is 18.4 Å². The molecule has 0 fully saturated rings. The number of benzene rings is 1. The zero-order valence-electron chi connectivity index (χ0n) is 15.7. The molecule has 1 aliphatic heterocycles. The molecule has 0 spiro atoms. The van der Waals surface area contributed by atoms with Crippen LogP contribution in [0.15, 0.2) is 53.4 Å². The first-order chi connectivity index (χ1) is 13.7. The predicted molar refractivity (Wildman–Crippen MR) is 115 cm³/mol. The second-order valence-electron chi connectivity index (χ2n) is 6.71. The smallest absolute Gasteiger partial charge is 0.346 e. The van der Waals surface area contributed by atoms with E-state index in [0.717, 1.165) is 40.5 Å². The first-order valence-electron chi connectivity index (χ1n) is 9.13. The molecule has 0 radical (unpaired) electrons. The Morgan fingerprint density at radius 2 is 2.21 bits per heavy atom. The second-order valence-corrected chi connectivity index (χ2v) is 7.88. The van der Waals surface area contributed by atoms with Crippen molar-refractivity contribution in [2.75, 3.05) is 13.2 Å². The van der Waals surface area contributed by atoms with Crippen LogP contribution in [0.25, 0.3) is 10.4 Å². The highest BCUT2D eigenvalue weighted by atomic mass is 35.5. The van der Waals surface area contributed by atoms with Crippen molar-refractivity contribution in [3.63, 3.8) is 0 Å². The first-order valence-corrected chi connectivity index (χ1v) is 9.95. The Kier molecular flexibility index (Phi) is 6.89. The summed E-state index contributed by atoms with van der Waals surface area (Å²) in [6.45, 7) is 1.32. The molecular weight excluding hydrogens is 415 g/mol. The van der Waals surface area contributed by atoms with Gasteiger partial charge in [-0.15, -0.1) is 23.7 Å². The monoisotopic (exact) mass is 436 g/mol. The van der Waals surface area contributed by atoms with Crippen LogP contribution < -0.4 is 16.2 Å². The van der Waals surface area contributed by atoms with Crippen LogP contribution in [0.2, 0.25) is 0 Å². The first kappa shape index (κ1) is 21.3. The molecule has 2 N–H and O–H groups in total. The number of fused-ring (bicyclic) bond motifs is 1. The second kappa shape index (κ2) is 9.39. The van der Waals surface area contributed by atoms with Crippen LogP contribution in [0.4, 0.5) is 4.39 Å². The van der Waals surface area contributed by atoms with Crippen LogP contribution >= 0.6 is 23.7 Å². The lowest BCUT2D eigenvalue weighted by atomic mass is 10.0. The largest absolute Gasteiger partial charge is 0.493 e. The fourth-order valence-corrected chi connectivity index (χ4v) is 4.23. The Labute approximate surface area is 177 Å². The van der Waals surface area contributed by atoms with Gasteiger partial charge in [-0.1, -0.05) is 0 Å². The molecule has 0 amide bonds. The zero-order valence-corrected chi connectivity index (χ0v) is 17.3. The fraction of sp³-hybridized carbons (Fsp3) is 0.300. The van der Waals surface area contributed by atoms with Crippen molar-refractivity contribution in [1.29, 1.82) is 0 Å². The van der Waals surface area contributed by atoms with Gasteiger partial charge in [0.25, 0.3) is 0 Å². The molecule has 154 valence electrons. The molecule has 3 heterocycles. The number of ether oxygens (including phenoxy) is 1. The lowest BCUT2D eigenvalue weighted by Gasteiger charge is -2.17. The lowest BCUT2D eigenvalue weighted by Crippen LogP contribution is -2.26. The molecule has 3 aromatic rings. The highest BCUT2D eigenvalue weighted by molar-refractivity contribution is 7.15. The number of thiophene rings is 1. The molecule has 0 atom stereocenters. The Bertz CT molecular complexity index is 1070. The number of hydrogen-bond donors (Lipinski definition) is 1. The van der Waals surface area contributed by atoms with E-state index >= 15 is 0 Å². The van der Waals surface area contributed by atoms with Crippen LogP contribution in [-0.2, 0) is 19.5 Å². The van der Waals surface area contributed by atoms with Crippen LogP contribution in [0, 0.1) is 0 Å². The van der Waals surface area contributed by atoms with Gasteiger partial charge in [-0.05, 0) is 59.9 Å². The summed E-state index contributed by atoms with van der Waals surface area (Å²) in [6, 6.07) is 10.4. The van der Waals surface area contributed by atoms with Crippen molar-refractivity contribution in [2.24, 2.45) is 5.73 Å². The van der Waals surface area contributed by atoms with Crippen molar-refractivity contribution in [2.45, 2.75) is 25.9 Å². The van der Waals surface area contributed by atoms with Gasteiger partial charge in [0.2, 0.25) is 0 Å². The van der Waals surface area contributed by atoms with Gasteiger partial charge in [0.05, 0.1) is 26.0 Å². The zero-order chi connectivity index (χ0) is 19.5. The van der Waals surface area contributed by atoms with Gasteiger partial charge in [-0.25, -0.2) is 13.9 Å². The normalized spacial score (nSPS) is 13.5. The van der Waals surface area contributed by atoms with Gasteiger partial charge >= 0.3 is 5.69 Å². The Morgan fingerprint density at radius 1 is 1.34 bits per heavy atom. The fourth-order valence-electron chi connectivity index (χ4n) is 3.22. The highest BCUT2D eigenvalue weighted by Gasteiger charge is 2.13. The van der Waals surface area contributed by atoms with E-state index < -0.39 is 0 Å². The molecule has 0 aliphatic carbocycles. The minimum absolute atomic E-state index is 0. The molecule has 29 heavy (non-hydrogen) atoms. The van der Waals surface area contributed by atoms with Gasteiger partial charge in [0.1, 0.15) is 12.1 Å². The molecule has 0 unspecified atom stereocenters. The summed E-state index contributed by atoms with van der Waals surface area (Å²) in [4.78, 5) is 14.6. The van der Waals surface area contributed by atoms with E-state index in [1.807, 2.05) is 12.1 Å². The van der Waals surface area contributed by atoms with Crippen molar-refractivity contribution in [3.8, 4) is 16.2 Å². The molecule has 0 bridgehead atoms. The van der Waals surface area contributed by atoms with Crippen molar-refractivity contribution in [1.82, 2.24) is 14.3 Å². The molecule has 2 aromatic heterocycles. The van der Waals surface area contributed by atoms with Gasteiger partial charge in [-0.3, -0.25) is 4.57 Å². The standard InChI is InChI=1S/C20H21FN4O2S.ClH/c21-9-14(10-22)11-25-20(26)24(13-23-25)12-17-4-6-19(28-17)16-3-5-18-15(8-16)2-1-7-27-18;/h3-6,8-9,13H,1-2,7,10-12,22H2;1H/b14-9+;. The molecule has 0 saturated carbocycles. The summed E-state index contributed by atoms with van der Waals surface area (Å²) in [5.74, 6) is 0.977. The topological polar surface area (TPSA) is 75.1 Å². The average molecular weight is 437 g/mol. The number of aryl methyl sites for hydroxylation is 1. The summed E-state index contributed by atoms with van der Waals surface area (Å²) in [5, 5.41) is 4.06. The van der Waals surface area contributed by atoms with Crippen LogP contribution in [0.5, 0.6) is 5.75 Å². The van der Waals surface area contributed by atoms with E-state index in [1.54, 1.807) is 11.3 Å². The SMILES string of the molecule is Cl.NC/C(=C\F)Cn1ncn(Cc2ccc(-c3ccc4c(c3)CCCO4)s2)c1=O. The molecule has 0 saturated heterocycles. The summed E-state index contributed by atoms with van der Waals surface area (Å²) in [5.41, 5.74) is 7.89. The van der Waals surface area contributed by atoms with Crippen LogP contribution in [0.3, 0.4) is 0 Å². The minimum atomic E-state index is -0.284. The van der Waals surface area contributed by atoms with Gasteiger partial charge in [-0.2, -0.15) is 5.10 Å². The maximum Gasteiger partial charge on any atom is 0.346 e. The van der Waals surface area contributed by atoms with Gasteiger partial charge < -0.3 is 10.5 Å². The molecule has 6 nitrogen and oxygen atoms in total. The Morgan fingerprint density at radius 3 is 3.00 bits per heavy atom. The highest BCUT2D eigenvalue weighted by Crippen LogP contribution is 2.33. The Hall–Kier alpha value is -2.42. The number of nitrogens with zero attached hydrogens (tertiary/aromatic N) is 3. The van der Waals surface area contributed by atoms with E-state index in [1.165, 1.54) is 21.1 Å². The molecule has 4 rings (SSSR count). The maximum atomic E-state index is 12.7. The molecular formula is C20H22ClFN4O2S.